The molecular weight excluding hydrogens is 456 g/mol. The highest BCUT2D eigenvalue weighted by molar-refractivity contribution is 7.91. The maximum atomic E-state index is 12.5. The first-order chi connectivity index (χ1) is 16.3. The molecule has 2 N–H and O–H groups in total. The van der Waals surface area contributed by atoms with E-state index in [0.717, 1.165) is 0 Å². The van der Waals surface area contributed by atoms with Crippen LogP contribution in [-0.2, 0) is 19.4 Å². The monoisotopic (exact) mass is 480 g/mol. The lowest BCUT2D eigenvalue weighted by atomic mass is 10.0. The molecule has 9 heteroatoms. The number of carbonyl (C=O) groups is 3. The summed E-state index contributed by atoms with van der Waals surface area (Å²) in [4.78, 5) is 36.8. The minimum absolute atomic E-state index is 0.130. The molecule has 3 aromatic carbocycles. The molecule has 0 fully saturated rings. The molecule has 176 valence electrons. The van der Waals surface area contributed by atoms with Crippen LogP contribution in [0.4, 0.5) is 0 Å². The number of ketones is 1. The van der Waals surface area contributed by atoms with E-state index in [2.05, 4.69) is 10.9 Å². The van der Waals surface area contributed by atoms with Crippen molar-refractivity contribution in [3.8, 4) is 5.75 Å². The predicted octanol–water partition coefficient (Wildman–Crippen LogP) is 2.70. The first-order valence-corrected chi connectivity index (χ1v) is 12.1. The van der Waals surface area contributed by atoms with Gasteiger partial charge >= 0.3 is 0 Å². The molecule has 0 heterocycles. The second-order valence-corrected chi connectivity index (χ2v) is 9.51. The van der Waals surface area contributed by atoms with Crippen molar-refractivity contribution < 1.29 is 27.5 Å². The second-order valence-electron chi connectivity index (χ2n) is 7.40. The number of ether oxygens (including phenoxy) is 1. The zero-order valence-electron chi connectivity index (χ0n) is 18.4. The summed E-state index contributed by atoms with van der Waals surface area (Å²) in [6.07, 6.45) is -1.27. The first-order valence-electron chi connectivity index (χ1n) is 10.5. The van der Waals surface area contributed by atoms with E-state index in [1.807, 2.05) is 6.07 Å². The van der Waals surface area contributed by atoms with Crippen LogP contribution in [0.25, 0.3) is 0 Å². The molecule has 0 saturated carbocycles. The van der Waals surface area contributed by atoms with Crippen molar-refractivity contribution in [2.75, 3.05) is 5.75 Å². The second kappa shape index (κ2) is 11.2. The number of carbonyl (C=O) groups excluding carboxylic acids is 3. The van der Waals surface area contributed by atoms with Crippen molar-refractivity contribution >= 4 is 27.4 Å². The van der Waals surface area contributed by atoms with Crippen molar-refractivity contribution in [1.29, 1.82) is 0 Å². The highest BCUT2D eigenvalue weighted by atomic mass is 32.2. The maximum absolute atomic E-state index is 12.5. The Hall–Kier alpha value is -3.98. The van der Waals surface area contributed by atoms with Gasteiger partial charge in [-0.25, -0.2) is 8.42 Å². The van der Waals surface area contributed by atoms with Crippen LogP contribution in [-0.4, -0.2) is 37.9 Å². The molecule has 2 amide bonds. The molecule has 3 rings (SSSR count). The Balaban J connectivity index is 1.45. The van der Waals surface area contributed by atoms with E-state index in [9.17, 15) is 22.8 Å². The first kappa shape index (κ1) is 24.7. The normalized spacial score (nSPS) is 11.8. The fourth-order valence-corrected chi connectivity index (χ4v) is 4.23. The van der Waals surface area contributed by atoms with Crippen molar-refractivity contribution in [3.63, 3.8) is 0 Å². The van der Waals surface area contributed by atoms with Crippen LogP contribution in [0.3, 0.4) is 0 Å². The molecular formula is C25H24N2O6S. The molecule has 0 unspecified atom stereocenters. The number of rotatable bonds is 9. The molecule has 0 spiro atoms. The van der Waals surface area contributed by atoms with Crippen molar-refractivity contribution in [2.45, 2.75) is 24.3 Å². The fraction of sp³-hybridized carbons (Fsp3) is 0.160. The average molecular weight is 481 g/mol. The standard InChI is InChI=1S/C25H24N2O6S/c1-18(33-21-14-12-20(13-15-21)24(29)19-8-4-2-5-9-19)25(30)27-26-23(28)16-17-34(31,32)22-10-6-3-7-11-22/h2-15,18H,16-17H2,1H3,(H,26,28)(H,27,30)/t18-/m0/s1. The molecule has 0 aromatic heterocycles. The largest absolute Gasteiger partial charge is 0.481 e. The number of benzene rings is 3. The molecule has 0 bridgehead atoms. The van der Waals surface area contributed by atoms with Gasteiger partial charge < -0.3 is 4.74 Å². The topological polar surface area (TPSA) is 119 Å². The van der Waals surface area contributed by atoms with E-state index in [0.29, 0.717) is 16.9 Å². The molecule has 0 aliphatic heterocycles. The van der Waals surface area contributed by atoms with E-state index in [4.69, 9.17) is 4.74 Å². The van der Waals surface area contributed by atoms with Crippen molar-refractivity contribution in [1.82, 2.24) is 10.9 Å². The van der Waals surface area contributed by atoms with Crippen LogP contribution in [0.5, 0.6) is 5.75 Å². The van der Waals surface area contributed by atoms with Crippen LogP contribution in [0.1, 0.15) is 29.3 Å². The lowest BCUT2D eigenvalue weighted by molar-refractivity contribution is -0.132. The van der Waals surface area contributed by atoms with Gasteiger partial charge in [0.2, 0.25) is 5.91 Å². The molecule has 3 aromatic rings. The fourth-order valence-electron chi connectivity index (χ4n) is 2.97. The van der Waals surface area contributed by atoms with Crippen LogP contribution >= 0.6 is 0 Å². The third kappa shape index (κ3) is 6.76. The number of amides is 2. The van der Waals surface area contributed by atoms with E-state index >= 15 is 0 Å². The van der Waals surface area contributed by atoms with Crippen LogP contribution < -0.4 is 15.6 Å². The Morgan fingerprint density at radius 3 is 1.97 bits per heavy atom. The van der Waals surface area contributed by atoms with Crippen LogP contribution in [0.15, 0.2) is 89.8 Å². The smallest absolute Gasteiger partial charge is 0.279 e. The van der Waals surface area contributed by atoms with E-state index < -0.39 is 33.5 Å². The quantitative estimate of drug-likeness (QED) is 0.359. The molecule has 0 aliphatic rings. The average Bonchev–Trinajstić information content (AvgIpc) is 2.87. The van der Waals surface area contributed by atoms with Crippen molar-refractivity contribution in [2.24, 2.45) is 0 Å². The highest BCUT2D eigenvalue weighted by Crippen LogP contribution is 2.17. The van der Waals surface area contributed by atoms with E-state index in [-0.39, 0.29) is 17.1 Å². The Morgan fingerprint density at radius 1 is 0.794 bits per heavy atom. The van der Waals surface area contributed by atoms with Gasteiger partial charge in [-0.3, -0.25) is 25.2 Å². The van der Waals surface area contributed by atoms with E-state index in [1.165, 1.54) is 19.1 Å². The third-order valence-electron chi connectivity index (χ3n) is 4.86. The van der Waals surface area contributed by atoms with Gasteiger partial charge in [0.25, 0.3) is 5.91 Å². The minimum Gasteiger partial charge on any atom is -0.481 e. The molecule has 8 nitrogen and oxygen atoms in total. The van der Waals surface area contributed by atoms with Gasteiger partial charge in [0.05, 0.1) is 10.6 Å². The van der Waals surface area contributed by atoms with Gasteiger partial charge in [-0.15, -0.1) is 0 Å². The molecule has 1 atom stereocenters. The maximum Gasteiger partial charge on any atom is 0.279 e. The Bertz CT molecular complexity index is 1240. The third-order valence-corrected chi connectivity index (χ3v) is 6.59. The minimum atomic E-state index is -3.60. The number of hydrogen-bond acceptors (Lipinski definition) is 6. The Labute approximate surface area is 197 Å². The summed E-state index contributed by atoms with van der Waals surface area (Å²) in [7, 11) is -3.60. The molecule has 0 saturated heterocycles. The van der Waals surface area contributed by atoms with Gasteiger partial charge in [-0.05, 0) is 43.3 Å². The summed E-state index contributed by atoms with van der Waals surface area (Å²) in [6, 6.07) is 23.0. The number of sulfone groups is 1. The van der Waals surface area contributed by atoms with Gasteiger partial charge in [-0.1, -0.05) is 48.5 Å². The predicted molar refractivity (Wildman–Crippen MR) is 126 cm³/mol. The van der Waals surface area contributed by atoms with Gasteiger partial charge in [0.15, 0.2) is 21.7 Å². The summed E-state index contributed by atoms with van der Waals surface area (Å²) < 4.78 is 30.0. The highest BCUT2D eigenvalue weighted by Gasteiger charge is 2.19. The summed E-state index contributed by atoms with van der Waals surface area (Å²) in [5.41, 5.74) is 5.45. The SMILES string of the molecule is C[C@H](Oc1ccc(C(=O)c2ccccc2)cc1)C(=O)NNC(=O)CCS(=O)(=O)c1ccccc1. The Morgan fingerprint density at radius 2 is 1.35 bits per heavy atom. The van der Waals surface area contributed by atoms with Crippen LogP contribution in [0.2, 0.25) is 0 Å². The van der Waals surface area contributed by atoms with Gasteiger partial charge in [0, 0.05) is 17.5 Å². The Kier molecular flexibility index (Phi) is 8.15. The van der Waals surface area contributed by atoms with Crippen LogP contribution in [0, 0.1) is 0 Å². The van der Waals surface area contributed by atoms with Gasteiger partial charge in [0.1, 0.15) is 5.75 Å². The zero-order chi connectivity index (χ0) is 24.6. The lowest BCUT2D eigenvalue weighted by Gasteiger charge is -2.15. The van der Waals surface area contributed by atoms with Gasteiger partial charge in [-0.2, -0.15) is 0 Å². The molecule has 0 radical (unpaired) electrons. The zero-order valence-corrected chi connectivity index (χ0v) is 19.2. The summed E-state index contributed by atoms with van der Waals surface area (Å²) >= 11 is 0. The van der Waals surface area contributed by atoms with E-state index in [1.54, 1.807) is 66.7 Å². The number of hydrazine groups is 1. The summed E-state index contributed by atoms with van der Waals surface area (Å²) in [6.45, 7) is 1.49. The number of nitrogens with one attached hydrogen (secondary N) is 2. The molecule has 34 heavy (non-hydrogen) atoms. The lowest BCUT2D eigenvalue weighted by Crippen LogP contribution is -2.47. The summed E-state index contributed by atoms with van der Waals surface area (Å²) in [5.74, 6) is -1.42. The number of hydrogen-bond donors (Lipinski definition) is 2. The summed E-state index contributed by atoms with van der Waals surface area (Å²) in [5, 5.41) is 0. The van der Waals surface area contributed by atoms with Crippen molar-refractivity contribution in [3.05, 3.63) is 96.1 Å². The molecule has 0 aliphatic carbocycles.